The summed E-state index contributed by atoms with van der Waals surface area (Å²) in [5.41, 5.74) is 7.63. The number of nitrogens with two attached hydrogens (primary N) is 1. The van der Waals surface area contributed by atoms with Crippen LogP contribution in [0.15, 0.2) is 6.20 Å². The quantitative estimate of drug-likeness (QED) is 0.863. The molecule has 0 radical (unpaired) electrons. The molecule has 3 N–H and O–H groups in total. The Bertz CT molecular complexity index is 463. The van der Waals surface area contributed by atoms with Crippen molar-refractivity contribution in [2.24, 2.45) is 12.8 Å². The Morgan fingerprint density at radius 2 is 2.35 bits per heavy atom. The van der Waals surface area contributed by atoms with Crippen LogP contribution in [0.5, 0.6) is 0 Å². The number of amides is 1. The highest BCUT2D eigenvalue weighted by Crippen LogP contribution is 2.21. The van der Waals surface area contributed by atoms with E-state index in [1.54, 1.807) is 10.9 Å². The second kappa shape index (κ2) is 7.06. The van der Waals surface area contributed by atoms with Gasteiger partial charge in [0.2, 0.25) is 5.91 Å². The summed E-state index contributed by atoms with van der Waals surface area (Å²) in [6.07, 6.45) is 3.04. The SMILES string of the molecule is Cc1c(C(C)NC(=O)[C@@H]2CC[C@H](CN)O2)cnn1C.Cl. The molecule has 0 saturated carbocycles. The summed E-state index contributed by atoms with van der Waals surface area (Å²) in [4.78, 5) is 12.1. The maximum atomic E-state index is 12.1. The molecule has 0 aromatic carbocycles. The average Bonchev–Trinajstić information content (AvgIpc) is 2.98. The summed E-state index contributed by atoms with van der Waals surface area (Å²) in [6.45, 7) is 4.42. The molecule has 20 heavy (non-hydrogen) atoms. The van der Waals surface area contributed by atoms with E-state index in [1.807, 2.05) is 20.9 Å². The van der Waals surface area contributed by atoms with Crippen LogP contribution in [-0.4, -0.2) is 34.4 Å². The number of nitrogens with zero attached hydrogens (tertiary/aromatic N) is 2. The molecule has 1 fully saturated rings. The zero-order chi connectivity index (χ0) is 14.0. The number of aromatic nitrogens is 2. The Morgan fingerprint density at radius 3 is 2.85 bits per heavy atom. The van der Waals surface area contributed by atoms with Crippen LogP contribution in [0, 0.1) is 6.92 Å². The number of halogens is 1. The van der Waals surface area contributed by atoms with E-state index in [9.17, 15) is 4.79 Å². The van der Waals surface area contributed by atoms with Gasteiger partial charge >= 0.3 is 0 Å². The van der Waals surface area contributed by atoms with Crippen molar-refractivity contribution in [3.05, 3.63) is 17.5 Å². The van der Waals surface area contributed by atoms with Gasteiger partial charge in [0.05, 0.1) is 18.3 Å². The molecule has 1 aromatic rings. The minimum atomic E-state index is -0.368. The minimum absolute atomic E-state index is 0. The van der Waals surface area contributed by atoms with Gasteiger partial charge < -0.3 is 15.8 Å². The van der Waals surface area contributed by atoms with E-state index in [4.69, 9.17) is 10.5 Å². The molecule has 1 saturated heterocycles. The van der Waals surface area contributed by atoms with Crippen molar-refractivity contribution in [2.45, 2.75) is 44.9 Å². The average molecular weight is 303 g/mol. The highest BCUT2D eigenvalue weighted by atomic mass is 35.5. The normalized spacial score (nSPS) is 23.2. The number of carbonyl (C=O) groups excluding carboxylic acids is 1. The van der Waals surface area contributed by atoms with Gasteiger partial charge in [-0.1, -0.05) is 0 Å². The first-order chi connectivity index (χ1) is 9.02. The first-order valence-corrected chi connectivity index (χ1v) is 6.67. The zero-order valence-electron chi connectivity index (χ0n) is 12.1. The first kappa shape index (κ1) is 16.9. The Labute approximate surface area is 125 Å². The number of ether oxygens (including phenoxy) is 1. The lowest BCUT2D eigenvalue weighted by Crippen LogP contribution is -2.37. The van der Waals surface area contributed by atoms with Crippen molar-refractivity contribution in [3.63, 3.8) is 0 Å². The van der Waals surface area contributed by atoms with Crippen molar-refractivity contribution in [1.82, 2.24) is 15.1 Å². The molecule has 1 aliphatic rings. The number of aryl methyl sites for hydroxylation is 1. The second-order valence-electron chi connectivity index (χ2n) is 5.10. The van der Waals surface area contributed by atoms with Crippen molar-refractivity contribution in [2.75, 3.05) is 6.54 Å². The molecule has 2 heterocycles. The third-order valence-corrected chi connectivity index (χ3v) is 3.76. The molecule has 1 amide bonds. The van der Waals surface area contributed by atoms with E-state index < -0.39 is 0 Å². The van der Waals surface area contributed by atoms with Crippen molar-refractivity contribution in [3.8, 4) is 0 Å². The molecule has 7 heteroatoms. The lowest BCUT2D eigenvalue weighted by atomic mass is 10.1. The Balaban J connectivity index is 0.00000200. The molecule has 114 valence electrons. The van der Waals surface area contributed by atoms with Gasteiger partial charge in [0.1, 0.15) is 6.10 Å². The molecule has 1 aromatic heterocycles. The van der Waals surface area contributed by atoms with E-state index in [1.165, 1.54) is 0 Å². The number of rotatable bonds is 4. The Kier molecular flexibility index (Phi) is 5.98. The smallest absolute Gasteiger partial charge is 0.249 e. The minimum Gasteiger partial charge on any atom is -0.364 e. The topological polar surface area (TPSA) is 82.2 Å². The first-order valence-electron chi connectivity index (χ1n) is 6.67. The fourth-order valence-corrected chi connectivity index (χ4v) is 2.40. The molecule has 1 aliphatic heterocycles. The second-order valence-corrected chi connectivity index (χ2v) is 5.10. The lowest BCUT2D eigenvalue weighted by Gasteiger charge is -2.17. The van der Waals surface area contributed by atoms with Gasteiger partial charge in [-0.05, 0) is 26.7 Å². The van der Waals surface area contributed by atoms with E-state index in [0.29, 0.717) is 6.54 Å². The van der Waals surface area contributed by atoms with Gasteiger partial charge in [0, 0.05) is 24.8 Å². The van der Waals surface area contributed by atoms with Crippen LogP contribution in [0.4, 0.5) is 0 Å². The summed E-state index contributed by atoms with van der Waals surface area (Å²) in [7, 11) is 1.89. The number of hydrogen-bond donors (Lipinski definition) is 2. The third kappa shape index (κ3) is 3.50. The van der Waals surface area contributed by atoms with Gasteiger partial charge in [-0.25, -0.2) is 0 Å². The van der Waals surface area contributed by atoms with E-state index in [-0.39, 0.29) is 36.6 Å². The van der Waals surface area contributed by atoms with Gasteiger partial charge in [-0.15, -0.1) is 12.4 Å². The Hall–Kier alpha value is -1.11. The van der Waals surface area contributed by atoms with E-state index in [2.05, 4.69) is 10.4 Å². The van der Waals surface area contributed by atoms with Gasteiger partial charge in [0.15, 0.2) is 0 Å². The molecule has 6 nitrogen and oxygen atoms in total. The molecule has 0 spiro atoms. The highest BCUT2D eigenvalue weighted by Gasteiger charge is 2.30. The standard InChI is InChI=1S/C13H22N4O2.ClH/c1-8(11-7-15-17(3)9(11)2)16-13(18)12-5-4-10(6-14)19-12;/h7-8,10,12H,4-6,14H2,1-3H3,(H,16,18);1H/t8?,10-,12+;/m1./s1. The van der Waals surface area contributed by atoms with Crippen LogP contribution in [0.1, 0.15) is 37.1 Å². The van der Waals surface area contributed by atoms with Crippen molar-refractivity contribution in [1.29, 1.82) is 0 Å². The monoisotopic (exact) mass is 302 g/mol. The Morgan fingerprint density at radius 1 is 1.65 bits per heavy atom. The summed E-state index contributed by atoms with van der Waals surface area (Å²) in [6, 6.07) is -0.0678. The third-order valence-electron chi connectivity index (χ3n) is 3.76. The molecule has 0 aliphatic carbocycles. The largest absolute Gasteiger partial charge is 0.364 e. The van der Waals surface area contributed by atoms with Crippen LogP contribution in [-0.2, 0) is 16.6 Å². The van der Waals surface area contributed by atoms with Crippen LogP contribution < -0.4 is 11.1 Å². The lowest BCUT2D eigenvalue weighted by molar-refractivity contribution is -0.132. The predicted molar refractivity (Wildman–Crippen MR) is 78.7 cm³/mol. The molecular formula is C13H23ClN4O2. The fourth-order valence-electron chi connectivity index (χ4n) is 2.40. The van der Waals surface area contributed by atoms with Gasteiger partial charge in [-0.2, -0.15) is 5.10 Å². The highest BCUT2D eigenvalue weighted by molar-refractivity contribution is 5.85. The zero-order valence-corrected chi connectivity index (χ0v) is 12.9. The number of hydrogen-bond acceptors (Lipinski definition) is 4. The molecule has 3 atom stereocenters. The van der Waals surface area contributed by atoms with Crippen molar-refractivity contribution >= 4 is 18.3 Å². The molecule has 0 bridgehead atoms. The van der Waals surface area contributed by atoms with Crippen LogP contribution in [0.2, 0.25) is 0 Å². The molecule has 2 rings (SSSR count). The summed E-state index contributed by atoms with van der Waals surface area (Å²) < 4.78 is 7.39. The van der Waals surface area contributed by atoms with Crippen LogP contribution in [0.25, 0.3) is 0 Å². The summed E-state index contributed by atoms with van der Waals surface area (Å²) in [5.74, 6) is -0.0632. The number of nitrogens with one attached hydrogen (secondary N) is 1. The fraction of sp³-hybridized carbons (Fsp3) is 0.692. The number of carbonyl (C=O) groups is 1. The van der Waals surface area contributed by atoms with Crippen molar-refractivity contribution < 1.29 is 9.53 Å². The maximum Gasteiger partial charge on any atom is 0.249 e. The molecule has 1 unspecified atom stereocenters. The summed E-state index contributed by atoms with van der Waals surface area (Å²) >= 11 is 0. The van der Waals surface area contributed by atoms with E-state index >= 15 is 0 Å². The predicted octanol–water partition coefficient (Wildman–Crippen LogP) is 0.834. The van der Waals surface area contributed by atoms with E-state index in [0.717, 1.165) is 24.1 Å². The van der Waals surface area contributed by atoms with Crippen LogP contribution in [0.3, 0.4) is 0 Å². The maximum absolute atomic E-state index is 12.1. The molecular weight excluding hydrogens is 280 g/mol. The summed E-state index contributed by atoms with van der Waals surface area (Å²) in [5, 5.41) is 7.16. The van der Waals surface area contributed by atoms with Crippen LogP contribution >= 0.6 is 12.4 Å². The van der Waals surface area contributed by atoms with Gasteiger partial charge in [0.25, 0.3) is 0 Å². The van der Waals surface area contributed by atoms with Gasteiger partial charge in [-0.3, -0.25) is 9.48 Å².